The van der Waals surface area contributed by atoms with Gasteiger partial charge in [0.15, 0.2) is 5.78 Å². The van der Waals surface area contributed by atoms with Crippen molar-refractivity contribution in [1.29, 1.82) is 0 Å². The summed E-state index contributed by atoms with van der Waals surface area (Å²) in [5.74, 6) is -1.65. The zero-order valence-corrected chi connectivity index (χ0v) is 14.8. The number of ether oxygens (including phenoxy) is 1. The van der Waals surface area contributed by atoms with Crippen LogP contribution >= 0.6 is 0 Å². The predicted octanol–water partition coefficient (Wildman–Crippen LogP) is 2.58. The number of carbonyl (C=O) groups excluding carboxylic acids is 3. The van der Waals surface area contributed by atoms with E-state index in [-0.39, 0.29) is 30.3 Å². The monoisotopic (exact) mass is 331 g/mol. The smallest absolute Gasteiger partial charge is 0.316 e. The van der Waals surface area contributed by atoms with Crippen LogP contribution in [0.25, 0.3) is 0 Å². The second-order valence-electron chi connectivity index (χ2n) is 7.11. The van der Waals surface area contributed by atoms with Crippen molar-refractivity contribution in [2.45, 2.75) is 39.5 Å². The maximum atomic E-state index is 12.6. The normalized spacial score (nSPS) is 18.4. The van der Waals surface area contributed by atoms with E-state index >= 15 is 0 Å². The molecule has 5 nitrogen and oxygen atoms in total. The Morgan fingerprint density at radius 3 is 2.33 bits per heavy atom. The Kier molecular flexibility index (Phi) is 5.42. The summed E-state index contributed by atoms with van der Waals surface area (Å²) in [4.78, 5) is 38.0. The molecule has 1 aromatic carbocycles. The van der Waals surface area contributed by atoms with E-state index in [1.165, 1.54) is 4.90 Å². The van der Waals surface area contributed by atoms with Gasteiger partial charge in [0, 0.05) is 12.1 Å². The molecule has 24 heavy (non-hydrogen) atoms. The van der Waals surface area contributed by atoms with Gasteiger partial charge in [-0.15, -0.1) is 0 Å². The van der Waals surface area contributed by atoms with E-state index in [4.69, 9.17) is 4.74 Å². The Morgan fingerprint density at radius 2 is 1.83 bits per heavy atom. The molecule has 1 aromatic rings. The fourth-order valence-electron chi connectivity index (χ4n) is 2.78. The number of nitrogens with zero attached hydrogens (tertiary/aromatic N) is 1. The summed E-state index contributed by atoms with van der Waals surface area (Å²) >= 11 is 0. The van der Waals surface area contributed by atoms with Gasteiger partial charge in [0.1, 0.15) is 5.92 Å². The highest BCUT2D eigenvalue weighted by atomic mass is 16.5. The first-order valence-electron chi connectivity index (χ1n) is 8.33. The number of ketones is 1. The maximum Gasteiger partial charge on any atom is 0.316 e. The number of amides is 1. The fourth-order valence-corrected chi connectivity index (χ4v) is 2.78. The minimum atomic E-state index is -0.739. The number of hydrogen-bond donors (Lipinski definition) is 0. The van der Waals surface area contributed by atoms with Gasteiger partial charge < -0.3 is 9.64 Å². The van der Waals surface area contributed by atoms with Crippen molar-refractivity contribution in [2.24, 2.45) is 5.92 Å². The summed E-state index contributed by atoms with van der Waals surface area (Å²) < 4.78 is 4.91. The number of rotatable bonds is 3. The first-order valence-corrected chi connectivity index (χ1v) is 8.33. The molecule has 2 rings (SSSR count). The van der Waals surface area contributed by atoms with E-state index in [0.29, 0.717) is 18.5 Å². The lowest BCUT2D eigenvalue weighted by Crippen LogP contribution is -2.46. The van der Waals surface area contributed by atoms with Crippen LogP contribution in [0.15, 0.2) is 24.3 Å². The van der Waals surface area contributed by atoms with E-state index in [1.807, 2.05) is 12.1 Å². The number of Topliss-reactive ketones (excluding diaryl/α,β-unsaturated/α-hetero) is 1. The SMILES string of the molecule is CCOC(=O)C1CCN(C(=O)c2ccc(C(C)(C)C)cc2)CC1=O. The number of esters is 1. The zero-order chi connectivity index (χ0) is 17.9. The molecule has 1 aliphatic heterocycles. The summed E-state index contributed by atoms with van der Waals surface area (Å²) in [6.45, 7) is 8.65. The van der Waals surface area contributed by atoms with Gasteiger partial charge >= 0.3 is 5.97 Å². The van der Waals surface area contributed by atoms with E-state index in [9.17, 15) is 14.4 Å². The van der Waals surface area contributed by atoms with Crippen LogP contribution in [0.1, 0.15) is 50.0 Å². The molecular weight excluding hydrogens is 306 g/mol. The van der Waals surface area contributed by atoms with Crippen LogP contribution in [0.4, 0.5) is 0 Å². The van der Waals surface area contributed by atoms with Crippen LogP contribution in [0, 0.1) is 5.92 Å². The Balaban J connectivity index is 2.04. The van der Waals surface area contributed by atoms with Gasteiger partial charge in [-0.3, -0.25) is 14.4 Å². The summed E-state index contributed by atoms with van der Waals surface area (Å²) in [5.41, 5.74) is 1.73. The lowest BCUT2D eigenvalue weighted by Gasteiger charge is -2.30. The first-order chi connectivity index (χ1) is 11.2. The third-order valence-corrected chi connectivity index (χ3v) is 4.28. The number of benzene rings is 1. The van der Waals surface area contributed by atoms with Gasteiger partial charge in [0.05, 0.1) is 13.2 Å². The number of carbonyl (C=O) groups is 3. The van der Waals surface area contributed by atoms with Crippen molar-refractivity contribution in [1.82, 2.24) is 4.90 Å². The van der Waals surface area contributed by atoms with Gasteiger partial charge in [-0.1, -0.05) is 32.9 Å². The highest BCUT2D eigenvalue weighted by Crippen LogP contribution is 2.23. The van der Waals surface area contributed by atoms with Crippen molar-refractivity contribution < 1.29 is 19.1 Å². The van der Waals surface area contributed by atoms with E-state index < -0.39 is 11.9 Å². The molecule has 1 aliphatic rings. The molecule has 0 saturated carbocycles. The minimum absolute atomic E-state index is 0.0233. The van der Waals surface area contributed by atoms with Gasteiger partial charge in [0.2, 0.25) is 0 Å². The third kappa shape index (κ3) is 4.02. The van der Waals surface area contributed by atoms with Crippen molar-refractivity contribution in [3.63, 3.8) is 0 Å². The highest BCUT2D eigenvalue weighted by Gasteiger charge is 2.35. The topological polar surface area (TPSA) is 63.7 Å². The summed E-state index contributed by atoms with van der Waals surface area (Å²) in [5, 5.41) is 0. The molecule has 1 atom stereocenters. The van der Waals surface area contributed by atoms with Crippen LogP contribution in [0.5, 0.6) is 0 Å². The average molecular weight is 331 g/mol. The van der Waals surface area contributed by atoms with Crippen molar-refractivity contribution in [2.75, 3.05) is 19.7 Å². The Hall–Kier alpha value is -2.17. The number of likely N-dealkylation sites (tertiary alicyclic amines) is 1. The molecule has 0 bridgehead atoms. The molecule has 1 saturated heterocycles. The molecule has 0 aliphatic carbocycles. The third-order valence-electron chi connectivity index (χ3n) is 4.28. The van der Waals surface area contributed by atoms with Crippen molar-refractivity contribution in [3.05, 3.63) is 35.4 Å². The van der Waals surface area contributed by atoms with Crippen LogP contribution in [0.2, 0.25) is 0 Å². The van der Waals surface area contributed by atoms with Crippen LogP contribution in [-0.4, -0.2) is 42.3 Å². The summed E-state index contributed by atoms with van der Waals surface area (Å²) in [6, 6.07) is 7.48. The molecule has 0 radical (unpaired) electrons. The molecular formula is C19H25NO4. The Bertz CT molecular complexity index is 628. The maximum absolute atomic E-state index is 12.6. The molecule has 1 heterocycles. The van der Waals surface area contributed by atoms with Gasteiger partial charge in [-0.25, -0.2) is 0 Å². The number of piperidine rings is 1. The molecule has 1 fully saturated rings. The molecule has 0 N–H and O–H groups in total. The van der Waals surface area contributed by atoms with Crippen LogP contribution < -0.4 is 0 Å². The minimum Gasteiger partial charge on any atom is -0.465 e. The molecule has 1 amide bonds. The summed E-state index contributed by atoms with van der Waals surface area (Å²) in [7, 11) is 0. The molecule has 5 heteroatoms. The molecule has 130 valence electrons. The molecule has 0 spiro atoms. The first kappa shape index (κ1) is 18.2. The standard InChI is InChI=1S/C19H25NO4/c1-5-24-18(23)15-10-11-20(12-16(15)21)17(22)13-6-8-14(9-7-13)19(2,3)4/h6-9,15H,5,10-12H2,1-4H3. The quantitative estimate of drug-likeness (QED) is 0.631. The van der Waals surface area contributed by atoms with Crippen molar-refractivity contribution in [3.8, 4) is 0 Å². The zero-order valence-electron chi connectivity index (χ0n) is 14.8. The van der Waals surface area contributed by atoms with E-state index in [2.05, 4.69) is 20.8 Å². The van der Waals surface area contributed by atoms with Crippen LogP contribution in [-0.2, 0) is 19.7 Å². The van der Waals surface area contributed by atoms with Crippen molar-refractivity contribution >= 4 is 17.7 Å². The molecule has 1 unspecified atom stereocenters. The average Bonchev–Trinajstić information content (AvgIpc) is 2.53. The van der Waals surface area contributed by atoms with E-state index in [1.54, 1.807) is 19.1 Å². The van der Waals surface area contributed by atoms with E-state index in [0.717, 1.165) is 5.56 Å². The second-order valence-corrected chi connectivity index (χ2v) is 7.11. The van der Waals surface area contributed by atoms with Crippen LogP contribution in [0.3, 0.4) is 0 Å². The number of hydrogen-bond acceptors (Lipinski definition) is 4. The largest absolute Gasteiger partial charge is 0.465 e. The Morgan fingerprint density at radius 1 is 1.21 bits per heavy atom. The highest BCUT2D eigenvalue weighted by molar-refractivity contribution is 6.04. The second kappa shape index (κ2) is 7.16. The van der Waals surface area contributed by atoms with Gasteiger partial charge in [-0.2, -0.15) is 0 Å². The van der Waals surface area contributed by atoms with Gasteiger partial charge in [0.25, 0.3) is 5.91 Å². The lowest BCUT2D eigenvalue weighted by molar-refractivity contribution is -0.153. The summed E-state index contributed by atoms with van der Waals surface area (Å²) in [6.07, 6.45) is 0.323. The lowest BCUT2D eigenvalue weighted by atomic mass is 9.86. The fraction of sp³-hybridized carbons (Fsp3) is 0.526. The molecule has 0 aromatic heterocycles. The predicted molar refractivity (Wildman–Crippen MR) is 90.8 cm³/mol. The van der Waals surface area contributed by atoms with Gasteiger partial charge in [-0.05, 0) is 36.5 Å². The Labute approximate surface area is 143 Å².